The molecule has 1 aliphatic rings. The SMILES string of the molecule is COC1=CC(CCC(=O)O)(CC(=O)O)OC1=O. The van der Waals surface area contributed by atoms with Crippen LogP contribution in [0.2, 0.25) is 0 Å². The fourth-order valence-electron chi connectivity index (χ4n) is 1.58. The molecule has 1 aliphatic heterocycles. The minimum absolute atomic E-state index is 0.100. The van der Waals surface area contributed by atoms with Crippen LogP contribution in [-0.2, 0) is 23.9 Å². The highest BCUT2D eigenvalue weighted by Crippen LogP contribution is 2.32. The Bertz CT molecular complexity index is 384. The van der Waals surface area contributed by atoms with Gasteiger partial charge in [0.1, 0.15) is 5.60 Å². The van der Waals surface area contributed by atoms with Crippen LogP contribution >= 0.6 is 0 Å². The van der Waals surface area contributed by atoms with Crippen LogP contribution in [0.25, 0.3) is 0 Å². The maximum atomic E-state index is 11.3. The highest BCUT2D eigenvalue weighted by atomic mass is 16.6. The molecule has 1 heterocycles. The molecule has 0 spiro atoms. The zero-order valence-corrected chi connectivity index (χ0v) is 9.13. The Kier molecular flexibility index (Phi) is 3.72. The van der Waals surface area contributed by atoms with Gasteiger partial charge in [-0.3, -0.25) is 9.59 Å². The number of methoxy groups -OCH3 is 1. The van der Waals surface area contributed by atoms with Gasteiger partial charge in [0.15, 0.2) is 0 Å². The first-order valence-electron chi connectivity index (χ1n) is 4.82. The summed E-state index contributed by atoms with van der Waals surface area (Å²) in [5, 5.41) is 17.3. The van der Waals surface area contributed by atoms with Crippen LogP contribution in [0.15, 0.2) is 11.8 Å². The lowest BCUT2D eigenvalue weighted by atomic mass is 9.94. The third-order valence-corrected chi connectivity index (χ3v) is 2.32. The van der Waals surface area contributed by atoms with Crippen LogP contribution in [0.5, 0.6) is 0 Å². The van der Waals surface area contributed by atoms with Crippen molar-refractivity contribution >= 4 is 17.9 Å². The van der Waals surface area contributed by atoms with Crippen molar-refractivity contribution in [3.8, 4) is 0 Å². The maximum Gasteiger partial charge on any atom is 0.374 e. The van der Waals surface area contributed by atoms with Crippen molar-refractivity contribution in [1.82, 2.24) is 0 Å². The van der Waals surface area contributed by atoms with Crippen molar-refractivity contribution in [2.24, 2.45) is 0 Å². The van der Waals surface area contributed by atoms with Gasteiger partial charge in [0.05, 0.1) is 13.5 Å². The fraction of sp³-hybridized carbons (Fsp3) is 0.500. The number of aliphatic carboxylic acids is 2. The average molecular weight is 244 g/mol. The highest BCUT2D eigenvalue weighted by molar-refractivity contribution is 5.90. The molecule has 1 unspecified atom stereocenters. The molecule has 0 saturated heterocycles. The summed E-state index contributed by atoms with van der Waals surface area (Å²) in [5.74, 6) is -3.15. The van der Waals surface area contributed by atoms with E-state index in [1.807, 2.05) is 0 Å². The minimum Gasteiger partial charge on any atom is -0.490 e. The molecule has 0 radical (unpaired) electrons. The number of rotatable bonds is 6. The predicted octanol–water partition coefficient (Wildman–Crippen LogP) is 0.152. The average Bonchev–Trinajstić information content (AvgIpc) is 2.52. The largest absolute Gasteiger partial charge is 0.490 e. The quantitative estimate of drug-likeness (QED) is 0.640. The van der Waals surface area contributed by atoms with Crippen LogP contribution in [0, 0.1) is 0 Å². The molecule has 0 amide bonds. The number of hydrogen-bond donors (Lipinski definition) is 2. The van der Waals surface area contributed by atoms with E-state index < -0.39 is 29.9 Å². The van der Waals surface area contributed by atoms with E-state index in [1.165, 1.54) is 13.2 Å². The standard InChI is InChI=1S/C10H12O7/c1-16-6-4-10(5-8(13)14,17-9(6)15)3-2-7(11)12/h4H,2-3,5H2,1H3,(H,11,12)(H,13,14). The first kappa shape index (κ1) is 13.0. The normalized spacial score (nSPS) is 22.9. The molecule has 7 heteroatoms. The number of cyclic esters (lactones) is 1. The topological polar surface area (TPSA) is 110 Å². The monoisotopic (exact) mass is 244 g/mol. The second kappa shape index (κ2) is 4.86. The van der Waals surface area contributed by atoms with E-state index in [0.717, 1.165) is 0 Å². The molecule has 0 aromatic heterocycles. The molecule has 0 aromatic carbocycles. The molecule has 7 nitrogen and oxygen atoms in total. The van der Waals surface area contributed by atoms with Crippen molar-refractivity contribution < 1.29 is 34.1 Å². The molecule has 0 fully saturated rings. The van der Waals surface area contributed by atoms with Crippen LogP contribution in [0.4, 0.5) is 0 Å². The van der Waals surface area contributed by atoms with Crippen LogP contribution in [-0.4, -0.2) is 40.8 Å². The van der Waals surface area contributed by atoms with Gasteiger partial charge in [-0.2, -0.15) is 0 Å². The predicted molar refractivity (Wildman–Crippen MR) is 53.0 cm³/mol. The molecule has 1 atom stereocenters. The minimum atomic E-state index is -1.42. The van der Waals surface area contributed by atoms with Gasteiger partial charge in [-0.15, -0.1) is 0 Å². The van der Waals surface area contributed by atoms with Gasteiger partial charge in [0.2, 0.25) is 5.76 Å². The van der Waals surface area contributed by atoms with Gasteiger partial charge in [0, 0.05) is 18.9 Å². The summed E-state index contributed by atoms with van der Waals surface area (Å²) in [5.41, 5.74) is -1.42. The molecular formula is C10H12O7. The Morgan fingerprint density at radius 3 is 2.47 bits per heavy atom. The fourth-order valence-corrected chi connectivity index (χ4v) is 1.58. The molecule has 0 saturated carbocycles. The summed E-state index contributed by atoms with van der Waals surface area (Å²) in [7, 11) is 1.25. The van der Waals surface area contributed by atoms with Crippen molar-refractivity contribution in [3.63, 3.8) is 0 Å². The van der Waals surface area contributed by atoms with E-state index in [1.54, 1.807) is 0 Å². The van der Waals surface area contributed by atoms with E-state index in [0.29, 0.717) is 0 Å². The lowest BCUT2D eigenvalue weighted by Gasteiger charge is -2.23. The lowest BCUT2D eigenvalue weighted by Crippen LogP contribution is -2.32. The Morgan fingerprint density at radius 2 is 2.06 bits per heavy atom. The maximum absolute atomic E-state index is 11.3. The summed E-state index contributed by atoms with van der Waals surface area (Å²) >= 11 is 0. The van der Waals surface area contributed by atoms with Crippen molar-refractivity contribution in [3.05, 3.63) is 11.8 Å². The molecule has 0 bridgehead atoms. The number of esters is 1. The summed E-state index contributed by atoms with van der Waals surface area (Å²) in [6, 6.07) is 0. The number of ether oxygens (including phenoxy) is 2. The molecule has 94 valence electrons. The molecule has 0 aliphatic carbocycles. The second-order valence-electron chi connectivity index (χ2n) is 3.63. The zero-order chi connectivity index (χ0) is 13.1. The lowest BCUT2D eigenvalue weighted by molar-refractivity contribution is -0.156. The van der Waals surface area contributed by atoms with Crippen molar-refractivity contribution in [1.29, 1.82) is 0 Å². The smallest absolute Gasteiger partial charge is 0.374 e. The first-order valence-corrected chi connectivity index (χ1v) is 4.82. The van der Waals surface area contributed by atoms with E-state index in [2.05, 4.69) is 0 Å². The van der Waals surface area contributed by atoms with E-state index in [-0.39, 0.29) is 18.6 Å². The Balaban J connectivity index is 2.88. The van der Waals surface area contributed by atoms with Gasteiger partial charge in [0.25, 0.3) is 0 Å². The molecule has 0 aromatic rings. The van der Waals surface area contributed by atoms with Gasteiger partial charge >= 0.3 is 17.9 Å². The van der Waals surface area contributed by atoms with Crippen LogP contribution < -0.4 is 0 Å². The van der Waals surface area contributed by atoms with Crippen LogP contribution in [0.3, 0.4) is 0 Å². The number of carboxylic acids is 2. The molecule has 17 heavy (non-hydrogen) atoms. The highest BCUT2D eigenvalue weighted by Gasteiger charge is 2.43. The number of carbonyl (C=O) groups is 3. The third kappa shape index (κ3) is 3.20. The number of carbonyl (C=O) groups excluding carboxylic acids is 1. The van der Waals surface area contributed by atoms with Gasteiger partial charge in [-0.1, -0.05) is 0 Å². The van der Waals surface area contributed by atoms with E-state index >= 15 is 0 Å². The summed E-state index contributed by atoms with van der Waals surface area (Å²) in [6.45, 7) is 0. The van der Waals surface area contributed by atoms with Gasteiger partial charge in [-0.05, 0) is 0 Å². The first-order chi connectivity index (χ1) is 7.88. The molecular weight excluding hydrogens is 232 g/mol. The van der Waals surface area contributed by atoms with Gasteiger partial charge < -0.3 is 19.7 Å². The van der Waals surface area contributed by atoms with E-state index in [9.17, 15) is 14.4 Å². The van der Waals surface area contributed by atoms with Crippen LogP contribution in [0.1, 0.15) is 19.3 Å². The second-order valence-corrected chi connectivity index (χ2v) is 3.63. The summed E-state index contributed by atoms with van der Waals surface area (Å²) in [4.78, 5) is 32.5. The van der Waals surface area contributed by atoms with Gasteiger partial charge in [-0.25, -0.2) is 4.79 Å². The number of hydrogen-bond acceptors (Lipinski definition) is 5. The molecule has 2 N–H and O–H groups in total. The Labute approximate surface area is 96.6 Å². The third-order valence-electron chi connectivity index (χ3n) is 2.32. The van der Waals surface area contributed by atoms with Crippen molar-refractivity contribution in [2.45, 2.75) is 24.9 Å². The Morgan fingerprint density at radius 1 is 1.41 bits per heavy atom. The van der Waals surface area contributed by atoms with Crippen molar-refractivity contribution in [2.75, 3.05) is 7.11 Å². The zero-order valence-electron chi connectivity index (χ0n) is 9.13. The summed E-state index contributed by atoms with van der Waals surface area (Å²) in [6.07, 6.45) is 0.340. The van der Waals surface area contributed by atoms with E-state index in [4.69, 9.17) is 19.7 Å². The summed E-state index contributed by atoms with van der Waals surface area (Å²) < 4.78 is 9.63. The number of carboxylic acid groups (broad SMARTS) is 2. The Hall–Kier alpha value is -2.05. The molecule has 1 rings (SSSR count).